The number of aromatic amines is 2. The first kappa shape index (κ1) is 26.3. The summed E-state index contributed by atoms with van der Waals surface area (Å²) < 4.78 is 0. The molecule has 6 rings (SSSR count). The quantitative estimate of drug-likeness (QED) is 0.253. The lowest BCUT2D eigenvalue weighted by Gasteiger charge is -2.07. The molecule has 0 amide bonds. The Morgan fingerprint density at radius 2 is 1.32 bits per heavy atom. The van der Waals surface area contributed by atoms with E-state index in [9.17, 15) is 4.79 Å². The van der Waals surface area contributed by atoms with E-state index in [2.05, 4.69) is 99.7 Å². The molecule has 0 fully saturated rings. The molecule has 0 aliphatic heterocycles. The normalized spacial score (nSPS) is 10.7. The summed E-state index contributed by atoms with van der Waals surface area (Å²) in [6.45, 7) is 0.990. The van der Waals surface area contributed by atoms with Crippen LogP contribution in [0.2, 0.25) is 0 Å². The molecule has 6 heteroatoms. The van der Waals surface area contributed by atoms with Crippen LogP contribution >= 0.6 is 0 Å². The van der Waals surface area contributed by atoms with Gasteiger partial charge in [0.1, 0.15) is 0 Å². The minimum atomic E-state index is 0.618. The fraction of sp³-hybridized carbons (Fsp3) is 0.0938. The number of benzene rings is 2. The summed E-state index contributed by atoms with van der Waals surface area (Å²) in [4.78, 5) is 26.5. The molecule has 0 aliphatic rings. The molecule has 4 aromatic heterocycles. The van der Waals surface area contributed by atoms with Gasteiger partial charge in [0, 0.05) is 71.1 Å². The summed E-state index contributed by atoms with van der Waals surface area (Å²) in [7, 11) is 4.17. The van der Waals surface area contributed by atoms with Gasteiger partial charge in [0.15, 0.2) is 6.29 Å². The van der Waals surface area contributed by atoms with Crippen LogP contribution in [0.4, 0.5) is 0 Å². The monoisotopic (exact) mass is 501 g/mol. The van der Waals surface area contributed by atoms with Crippen molar-refractivity contribution in [3.63, 3.8) is 0 Å². The Hall–Kier alpha value is -4.81. The number of nitrogens with one attached hydrogen (secondary N) is 2. The van der Waals surface area contributed by atoms with E-state index in [1.54, 1.807) is 24.5 Å². The van der Waals surface area contributed by atoms with Gasteiger partial charge >= 0.3 is 0 Å². The second-order valence-electron chi connectivity index (χ2n) is 8.91. The molecule has 4 heterocycles. The van der Waals surface area contributed by atoms with E-state index in [1.807, 2.05) is 30.6 Å². The molecule has 0 spiro atoms. The number of para-hydroxylation sites is 2. The summed E-state index contributed by atoms with van der Waals surface area (Å²) in [5.74, 6) is 0. The third-order valence-corrected chi connectivity index (χ3v) is 5.74. The first-order valence-corrected chi connectivity index (χ1v) is 12.3. The van der Waals surface area contributed by atoms with E-state index in [4.69, 9.17) is 0 Å². The molecule has 190 valence electrons. The predicted molar refractivity (Wildman–Crippen MR) is 157 cm³/mol. The number of hydrogen-bond donors (Lipinski definition) is 2. The molecular formula is C32H31N5O. The van der Waals surface area contributed by atoms with Gasteiger partial charge in [0.2, 0.25) is 0 Å². The number of rotatable bonds is 5. The van der Waals surface area contributed by atoms with Crippen molar-refractivity contribution in [1.29, 1.82) is 0 Å². The summed E-state index contributed by atoms with van der Waals surface area (Å²) in [5, 5.41) is 2.57. The van der Waals surface area contributed by atoms with Crippen LogP contribution < -0.4 is 0 Å². The molecule has 6 aromatic rings. The molecule has 2 aromatic carbocycles. The molecule has 0 atom stereocenters. The summed E-state index contributed by atoms with van der Waals surface area (Å²) >= 11 is 0. The highest BCUT2D eigenvalue weighted by Crippen LogP contribution is 2.20. The van der Waals surface area contributed by atoms with Crippen LogP contribution in [-0.2, 0) is 6.54 Å². The number of hydrogen-bond acceptors (Lipinski definition) is 4. The lowest BCUT2D eigenvalue weighted by molar-refractivity contribution is 0.112. The highest BCUT2D eigenvalue weighted by atomic mass is 16.1. The van der Waals surface area contributed by atoms with Gasteiger partial charge in [-0.25, -0.2) is 0 Å². The van der Waals surface area contributed by atoms with Gasteiger partial charge in [-0.05, 0) is 61.1 Å². The molecule has 6 nitrogen and oxygen atoms in total. The first-order chi connectivity index (χ1) is 18.6. The zero-order valence-electron chi connectivity index (χ0n) is 21.6. The molecule has 2 N–H and O–H groups in total. The first-order valence-electron chi connectivity index (χ1n) is 12.3. The number of aldehydes is 1. The standard InChI is InChI=1S/C15H12N2.C11H14N2.C6H5NO/c1-2-6-15-14(5-1)13(11-17-15)8-7-12-4-3-9-16-10-12;1-13(2)8-9-7-12-11-6-4-3-5-10(9)11;8-5-6-2-1-3-7-4-6/h1-11,17H;3-7,12H,8H2,1-2H3;1-5H/b8-7+;;. The maximum atomic E-state index is 9.97. The van der Waals surface area contributed by atoms with Crippen molar-refractivity contribution >= 4 is 40.2 Å². The van der Waals surface area contributed by atoms with Gasteiger partial charge in [-0.15, -0.1) is 0 Å². The Balaban J connectivity index is 0.000000142. The zero-order valence-corrected chi connectivity index (χ0v) is 21.6. The molecule has 38 heavy (non-hydrogen) atoms. The maximum absolute atomic E-state index is 9.97. The SMILES string of the molecule is C(=C\c1c[nH]c2ccccc12)/c1cccnc1.CN(C)Cc1c[nH]c2ccccc12.O=Cc1cccnc1. The second-order valence-corrected chi connectivity index (χ2v) is 8.91. The molecule has 0 saturated carbocycles. The van der Waals surface area contributed by atoms with E-state index in [0.29, 0.717) is 5.56 Å². The van der Waals surface area contributed by atoms with Crippen LogP contribution in [0.25, 0.3) is 34.0 Å². The lowest BCUT2D eigenvalue weighted by Crippen LogP contribution is -2.09. The molecule has 0 aliphatic carbocycles. The fourth-order valence-electron chi connectivity index (χ4n) is 3.94. The van der Waals surface area contributed by atoms with Crippen molar-refractivity contribution in [3.8, 4) is 0 Å². The second kappa shape index (κ2) is 13.5. The van der Waals surface area contributed by atoms with Crippen molar-refractivity contribution in [2.45, 2.75) is 6.54 Å². The number of fused-ring (bicyclic) bond motifs is 2. The van der Waals surface area contributed by atoms with Crippen LogP contribution in [0.1, 0.15) is 27.0 Å². The Kier molecular flexibility index (Phi) is 9.32. The molecule has 0 unspecified atom stereocenters. The highest BCUT2D eigenvalue weighted by molar-refractivity contribution is 5.91. The Morgan fingerprint density at radius 3 is 1.92 bits per heavy atom. The van der Waals surface area contributed by atoms with Crippen molar-refractivity contribution < 1.29 is 4.79 Å². The Labute approximate surface area is 222 Å². The third-order valence-electron chi connectivity index (χ3n) is 5.74. The van der Waals surface area contributed by atoms with E-state index >= 15 is 0 Å². The smallest absolute Gasteiger partial charge is 0.151 e. The lowest BCUT2D eigenvalue weighted by atomic mass is 10.1. The van der Waals surface area contributed by atoms with Crippen LogP contribution in [0.3, 0.4) is 0 Å². The maximum Gasteiger partial charge on any atom is 0.151 e. The molecular weight excluding hydrogens is 470 g/mol. The number of H-pyrrole nitrogens is 2. The largest absolute Gasteiger partial charge is 0.361 e. The average Bonchev–Trinajstić information content (AvgIpc) is 3.57. The van der Waals surface area contributed by atoms with E-state index in [1.165, 1.54) is 39.1 Å². The summed E-state index contributed by atoms with van der Waals surface area (Å²) in [6, 6.07) is 24.1. The average molecular weight is 502 g/mol. The van der Waals surface area contributed by atoms with Gasteiger partial charge in [-0.3, -0.25) is 14.8 Å². The number of aromatic nitrogens is 4. The number of carbonyl (C=O) groups excluding carboxylic acids is 1. The predicted octanol–water partition coefficient (Wildman–Crippen LogP) is 6.86. The Morgan fingerprint density at radius 1 is 0.711 bits per heavy atom. The zero-order chi connectivity index (χ0) is 26.6. The highest BCUT2D eigenvalue weighted by Gasteiger charge is 2.02. The van der Waals surface area contributed by atoms with Crippen molar-refractivity contribution in [1.82, 2.24) is 24.8 Å². The van der Waals surface area contributed by atoms with Gasteiger partial charge in [-0.1, -0.05) is 54.6 Å². The van der Waals surface area contributed by atoms with Gasteiger partial charge < -0.3 is 14.9 Å². The molecule has 0 bridgehead atoms. The van der Waals surface area contributed by atoms with Gasteiger partial charge in [0.25, 0.3) is 0 Å². The van der Waals surface area contributed by atoms with Crippen LogP contribution in [0, 0.1) is 0 Å². The summed E-state index contributed by atoms with van der Waals surface area (Å²) in [5.41, 5.74) is 6.67. The fourth-order valence-corrected chi connectivity index (χ4v) is 3.94. The van der Waals surface area contributed by atoms with Crippen LogP contribution in [0.15, 0.2) is 110 Å². The number of carbonyl (C=O) groups is 1. The number of nitrogens with zero attached hydrogens (tertiary/aromatic N) is 3. The van der Waals surface area contributed by atoms with E-state index < -0.39 is 0 Å². The minimum Gasteiger partial charge on any atom is -0.361 e. The van der Waals surface area contributed by atoms with Crippen molar-refractivity contribution in [2.24, 2.45) is 0 Å². The van der Waals surface area contributed by atoms with Gasteiger partial charge in [0.05, 0.1) is 0 Å². The van der Waals surface area contributed by atoms with E-state index in [0.717, 1.165) is 18.4 Å². The third kappa shape index (κ3) is 7.35. The van der Waals surface area contributed by atoms with Crippen molar-refractivity contribution in [2.75, 3.05) is 14.1 Å². The van der Waals surface area contributed by atoms with Crippen LogP contribution in [-0.4, -0.2) is 45.2 Å². The molecule has 0 radical (unpaired) electrons. The van der Waals surface area contributed by atoms with E-state index in [-0.39, 0.29) is 0 Å². The van der Waals surface area contributed by atoms with Gasteiger partial charge in [-0.2, -0.15) is 0 Å². The summed E-state index contributed by atoms with van der Waals surface area (Å²) in [6.07, 6.45) is 15.8. The topological polar surface area (TPSA) is 77.7 Å². The van der Waals surface area contributed by atoms with Crippen LogP contribution in [0.5, 0.6) is 0 Å². The van der Waals surface area contributed by atoms with Crippen molar-refractivity contribution in [3.05, 3.63) is 132 Å². The Bertz CT molecular complexity index is 1580. The molecule has 0 saturated heterocycles. The minimum absolute atomic E-state index is 0.618. The number of pyridine rings is 2.